The maximum atomic E-state index is 11.8. The van der Waals surface area contributed by atoms with Crippen molar-refractivity contribution in [1.82, 2.24) is 0 Å². The molecule has 2 rings (SSSR count). The highest BCUT2D eigenvalue weighted by Gasteiger charge is 2.14. The summed E-state index contributed by atoms with van der Waals surface area (Å²) in [5.74, 6) is -0.138. The number of ether oxygens (including phenoxy) is 1. The van der Waals surface area contributed by atoms with Gasteiger partial charge in [-0.3, -0.25) is 14.9 Å². The fourth-order valence-electron chi connectivity index (χ4n) is 1.83. The van der Waals surface area contributed by atoms with Crippen LogP contribution in [0.5, 0.6) is 5.75 Å². The van der Waals surface area contributed by atoms with Crippen LogP contribution in [0.1, 0.15) is 5.56 Å². The molecule has 6 heteroatoms. The quantitative estimate of drug-likeness (QED) is 0.522. The lowest BCUT2D eigenvalue weighted by Gasteiger charge is -2.03. The molecule has 0 aliphatic heterocycles. The molecular formula is C16H14N2O4. The summed E-state index contributed by atoms with van der Waals surface area (Å²) in [5, 5.41) is 13.6. The summed E-state index contributed by atoms with van der Waals surface area (Å²) in [7, 11) is 1.37. The Bertz CT molecular complexity index is 711. The molecule has 0 spiro atoms. The van der Waals surface area contributed by atoms with E-state index in [4.69, 9.17) is 4.74 Å². The van der Waals surface area contributed by atoms with Crippen LogP contribution >= 0.6 is 0 Å². The summed E-state index contributed by atoms with van der Waals surface area (Å²) < 4.78 is 4.92. The average Bonchev–Trinajstić information content (AvgIpc) is 2.53. The van der Waals surface area contributed by atoms with E-state index in [-0.39, 0.29) is 17.3 Å². The third-order valence-corrected chi connectivity index (χ3v) is 2.87. The maximum absolute atomic E-state index is 11.8. The highest BCUT2D eigenvalue weighted by Crippen LogP contribution is 2.27. The van der Waals surface area contributed by atoms with E-state index in [1.165, 1.54) is 31.4 Å². The van der Waals surface area contributed by atoms with Crippen LogP contribution in [0.4, 0.5) is 11.4 Å². The minimum Gasteiger partial charge on any atom is -0.490 e. The first kappa shape index (κ1) is 15.2. The molecule has 0 aliphatic rings. The number of nitro groups is 1. The van der Waals surface area contributed by atoms with Crippen molar-refractivity contribution >= 4 is 23.4 Å². The van der Waals surface area contributed by atoms with Crippen LogP contribution in [0.25, 0.3) is 6.08 Å². The molecule has 0 unspecified atom stereocenters. The summed E-state index contributed by atoms with van der Waals surface area (Å²) in [6.07, 6.45) is 2.82. The fraction of sp³-hybridized carbons (Fsp3) is 0.0625. The minimum atomic E-state index is -0.528. The van der Waals surface area contributed by atoms with Crippen LogP contribution in [0, 0.1) is 10.1 Å². The SMILES string of the molecule is COc1ccc(C=CC(=O)Nc2ccccc2)cc1[N+](=O)[O-]. The first-order valence-corrected chi connectivity index (χ1v) is 6.46. The van der Waals surface area contributed by atoms with Crippen molar-refractivity contribution in [2.24, 2.45) is 0 Å². The van der Waals surface area contributed by atoms with Gasteiger partial charge in [-0.05, 0) is 29.8 Å². The number of nitrogens with zero attached hydrogens (tertiary/aromatic N) is 1. The zero-order valence-corrected chi connectivity index (χ0v) is 11.9. The number of benzene rings is 2. The van der Waals surface area contributed by atoms with Crippen LogP contribution in [0.15, 0.2) is 54.6 Å². The van der Waals surface area contributed by atoms with Gasteiger partial charge >= 0.3 is 5.69 Å². The van der Waals surface area contributed by atoms with E-state index in [1.54, 1.807) is 18.2 Å². The van der Waals surface area contributed by atoms with Crippen LogP contribution in [0.2, 0.25) is 0 Å². The molecular weight excluding hydrogens is 284 g/mol. The Morgan fingerprint density at radius 3 is 2.59 bits per heavy atom. The van der Waals surface area contributed by atoms with Gasteiger partial charge in [0, 0.05) is 17.8 Å². The summed E-state index contributed by atoms with van der Waals surface area (Å²) in [4.78, 5) is 22.2. The lowest BCUT2D eigenvalue weighted by Crippen LogP contribution is -2.07. The first-order chi connectivity index (χ1) is 10.6. The van der Waals surface area contributed by atoms with Crippen molar-refractivity contribution in [3.8, 4) is 5.75 Å². The fourth-order valence-corrected chi connectivity index (χ4v) is 1.83. The molecule has 2 aromatic carbocycles. The van der Waals surface area contributed by atoms with Crippen LogP contribution in [-0.2, 0) is 4.79 Å². The molecule has 112 valence electrons. The topological polar surface area (TPSA) is 81.5 Å². The number of rotatable bonds is 5. The van der Waals surface area contributed by atoms with Crippen LogP contribution < -0.4 is 10.1 Å². The second-order valence-corrected chi connectivity index (χ2v) is 4.38. The van der Waals surface area contributed by atoms with Gasteiger partial charge in [-0.25, -0.2) is 0 Å². The molecule has 6 nitrogen and oxygen atoms in total. The Hall–Kier alpha value is -3.15. The molecule has 0 atom stereocenters. The Morgan fingerprint density at radius 2 is 1.95 bits per heavy atom. The van der Waals surface area contributed by atoms with E-state index < -0.39 is 4.92 Å². The maximum Gasteiger partial charge on any atom is 0.311 e. The number of nitro benzene ring substituents is 1. The average molecular weight is 298 g/mol. The summed E-state index contributed by atoms with van der Waals surface area (Å²) in [6.45, 7) is 0. The zero-order valence-electron chi connectivity index (χ0n) is 11.9. The molecule has 1 amide bonds. The van der Waals surface area contributed by atoms with Gasteiger partial charge in [-0.1, -0.05) is 24.3 Å². The molecule has 0 aromatic heterocycles. The summed E-state index contributed by atoms with van der Waals surface area (Å²) in [6, 6.07) is 13.5. The minimum absolute atomic E-state index is 0.145. The second kappa shape index (κ2) is 7.03. The Labute approximate surface area is 127 Å². The van der Waals surface area contributed by atoms with Gasteiger partial charge in [-0.2, -0.15) is 0 Å². The number of carbonyl (C=O) groups is 1. The molecule has 0 aliphatic carbocycles. The van der Waals surface area contributed by atoms with Gasteiger partial charge < -0.3 is 10.1 Å². The lowest BCUT2D eigenvalue weighted by atomic mass is 10.1. The van der Waals surface area contributed by atoms with Crippen LogP contribution in [-0.4, -0.2) is 17.9 Å². The largest absolute Gasteiger partial charge is 0.490 e. The molecule has 2 aromatic rings. The smallest absolute Gasteiger partial charge is 0.311 e. The number of anilines is 1. The second-order valence-electron chi connectivity index (χ2n) is 4.38. The van der Waals surface area contributed by atoms with Crippen molar-refractivity contribution in [2.75, 3.05) is 12.4 Å². The number of amides is 1. The lowest BCUT2D eigenvalue weighted by molar-refractivity contribution is -0.385. The van der Waals surface area contributed by atoms with Crippen LogP contribution in [0.3, 0.4) is 0 Å². The molecule has 22 heavy (non-hydrogen) atoms. The monoisotopic (exact) mass is 298 g/mol. The number of hydrogen-bond donors (Lipinski definition) is 1. The van der Waals surface area contributed by atoms with Gasteiger partial charge in [0.05, 0.1) is 12.0 Å². The van der Waals surface area contributed by atoms with E-state index in [9.17, 15) is 14.9 Å². The molecule has 0 saturated carbocycles. The van der Waals surface area contributed by atoms with Crippen molar-refractivity contribution in [3.05, 3.63) is 70.3 Å². The van der Waals surface area contributed by atoms with Crippen molar-refractivity contribution in [3.63, 3.8) is 0 Å². The Balaban J connectivity index is 2.11. The molecule has 0 saturated heterocycles. The highest BCUT2D eigenvalue weighted by molar-refractivity contribution is 6.01. The highest BCUT2D eigenvalue weighted by atomic mass is 16.6. The van der Waals surface area contributed by atoms with Gasteiger partial charge in [0.15, 0.2) is 5.75 Å². The number of para-hydroxylation sites is 1. The normalized spacial score (nSPS) is 10.4. The Kier molecular flexibility index (Phi) is 4.87. The third-order valence-electron chi connectivity index (χ3n) is 2.87. The van der Waals surface area contributed by atoms with E-state index in [2.05, 4.69) is 5.32 Å². The van der Waals surface area contributed by atoms with E-state index in [0.29, 0.717) is 11.3 Å². The number of hydrogen-bond acceptors (Lipinski definition) is 4. The molecule has 0 fully saturated rings. The van der Waals surface area contributed by atoms with Gasteiger partial charge in [0.1, 0.15) is 0 Å². The van der Waals surface area contributed by atoms with E-state index in [1.807, 2.05) is 18.2 Å². The predicted molar refractivity (Wildman–Crippen MR) is 83.8 cm³/mol. The van der Waals surface area contributed by atoms with Crippen molar-refractivity contribution < 1.29 is 14.5 Å². The van der Waals surface area contributed by atoms with Gasteiger partial charge in [-0.15, -0.1) is 0 Å². The third kappa shape index (κ3) is 3.92. The standard InChI is InChI=1S/C16H14N2O4/c1-22-15-9-7-12(11-14(15)18(20)21)8-10-16(19)17-13-5-3-2-4-6-13/h2-11H,1H3,(H,17,19). The van der Waals surface area contributed by atoms with Crippen molar-refractivity contribution in [1.29, 1.82) is 0 Å². The Morgan fingerprint density at radius 1 is 1.23 bits per heavy atom. The predicted octanol–water partition coefficient (Wildman–Crippen LogP) is 3.26. The molecule has 0 heterocycles. The van der Waals surface area contributed by atoms with E-state index >= 15 is 0 Å². The number of carbonyl (C=O) groups excluding carboxylic acids is 1. The summed E-state index contributed by atoms with van der Waals surface area (Å²) >= 11 is 0. The molecule has 1 N–H and O–H groups in total. The van der Waals surface area contributed by atoms with Crippen molar-refractivity contribution in [2.45, 2.75) is 0 Å². The number of nitrogens with one attached hydrogen (secondary N) is 1. The molecule has 0 bridgehead atoms. The zero-order chi connectivity index (χ0) is 15.9. The number of methoxy groups -OCH3 is 1. The molecule has 0 radical (unpaired) electrons. The van der Waals surface area contributed by atoms with Gasteiger partial charge in [0.2, 0.25) is 5.91 Å². The van der Waals surface area contributed by atoms with E-state index in [0.717, 1.165) is 0 Å². The van der Waals surface area contributed by atoms with Gasteiger partial charge in [0.25, 0.3) is 0 Å². The summed E-state index contributed by atoms with van der Waals surface area (Å²) in [5.41, 5.74) is 1.07. The first-order valence-electron chi connectivity index (χ1n) is 6.46.